The first-order valence-electron chi connectivity index (χ1n) is 33.8. The molecule has 2 saturated heterocycles. The number of carboxylic acid groups (broad SMARTS) is 1. The Kier molecular flexibility index (Phi) is 33.4. The molecule has 0 saturated carbocycles. The van der Waals surface area contributed by atoms with E-state index < -0.39 is 175 Å². The zero-order valence-corrected chi connectivity index (χ0v) is 59.4. The summed E-state index contributed by atoms with van der Waals surface area (Å²) < 4.78 is 22.7. The number of carbonyl (C=O) groups excluding carboxylic acids is 10. The summed E-state index contributed by atoms with van der Waals surface area (Å²) in [5, 5.41) is 58.7. The Hall–Kier alpha value is -8.07. The first kappa shape index (κ1) is 83.4. The number of urea groups is 1. The number of methoxy groups -OCH3 is 2. The Balaban J connectivity index is 1.38. The number of nitrogens with two attached hydrogens (primary N) is 2. The van der Waals surface area contributed by atoms with Crippen LogP contribution in [0, 0.1) is 29.6 Å². The molecule has 2 aliphatic rings. The molecule has 1 unspecified atom stereocenters. The molecule has 4 rings (SSSR count). The molecule has 15 N–H and O–H groups in total. The predicted molar refractivity (Wildman–Crippen MR) is 363 cm³/mol. The highest BCUT2D eigenvalue weighted by molar-refractivity contribution is 5.99. The first-order valence-corrected chi connectivity index (χ1v) is 33.8. The zero-order valence-electron chi connectivity index (χ0n) is 59.4. The topological polar surface area (TPSA) is 452 Å². The number of nitrogens with zero attached hydrogens (tertiary/aromatic N) is 3. The second-order valence-electron chi connectivity index (χ2n) is 26.7. The first-order chi connectivity index (χ1) is 46.6. The van der Waals surface area contributed by atoms with Crippen molar-refractivity contribution < 1.29 is 92.1 Å². The normalized spacial score (nSPS) is 20.5. The molecule has 17 atom stereocenters. The molecule has 0 bridgehead atoms. The van der Waals surface area contributed by atoms with Crippen LogP contribution in [0.5, 0.6) is 0 Å². The number of likely N-dealkylation sites (N-methyl/N-ethyl adjacent to an activating group) is 2. The molecular weight excluding hydrogens is 1290 g/mol. The van der Waals surface area contributed by atoms with Gasteiger partial charge in [-0.15, -0.1) is 0 Å². The van der Waals surface area contributed by atoms with E-state index in [0.717, 1.165) is 4.90 Å². The van der Waals surface area contributed by atoms with Crippen LogP contribution in [-0.4, -0.2) is 227 Å². The number of aliphatic carboxylic acids is 1. The quantitative estimate of drug-likeness (QED) is 0.0422. The summed E-state index contributed by atoms with van der Waals surface area (Å²) in [5.74, 6) is -8.65. The minimum Gasteiger partial charge on any atom is -0.479 e. The van der Waals surface area contributed by atoms with Crippen LogP contribution >= 0.6 is 0 Å². The standard InChI is InChI=1S/C68H108N12O19/c1-15-38(8)53(47(96-13)33-49(82)80-32-20-24-46(80)57(97-14)39(9)59(86)72-40(10)54(83)42-21-17-16-18-22-42)78(11)65(91)51(36(4)5)77-63(90)52(37(6)7)79(12)68(95)98-34-41-25-27-43(28-26-41)73-61(88)45(23-19-31-71-67(70)94)74-62(89)50(35(2)3)76-60(87)44(69)29-30-48(81)75-64-56(85)55(84)58(99-64)66(92)93/h16-18,21-22,25-28,35-40,44-47,50-58,64,83-85H,15,19-20,23-24,29-34,69H2,1-14H3,(H,72,86)(H,73,88)(H,74,89)(H,75,81)(H,76,87)(H,77,90)(H,92,93)(H3,70,71,94)/t38-,39+,40+,44-,45-,46-,47+,50-,51-,52-,53-,54+,55-,56+,57+,58-,64?/m0/s1. The van der Waals surface area contributed by atoms with Gasteiger partial charge in [-0.1, -0.05) is 111 Å². The second-order valence-corrected chi connectivity index (χ2v) is 26.7. The third-order valence-electron chi connectivity index (χ3n) is 18.3. The van der Waals surface area contributed by atoms with Crippen LogP contribution in [0.25, 0.3) is 0 Å². The van der Waals surface area contributed by atoms with Gasteiger partial charge in [-0.25, -0.2) is 14.4 Å². The number of nitrogens with one attached hydrogen (secondary N) is 7. The van der Waals surface area contributed by atoms with E-state index in [0.29, 0.717) is 36.9 Å². The number of likely N-dealkylation sites (tertiary alicyclic amines) is 1. The van der Waals surface area contributed by atoms with E-state index in [-0.39, 0.29) is 62.3 Å². The average molecular weight is 1400 g/mol. The Morgan fingerprint density at radius 2 is 1.36 bits per heavy atom. The number of aliphatic hydroxyl groups excluding tert-OH is 3. The largest absolute Gasteiger partial charge is 0.479 e. The van der Waals surface area contributed by atoms with Gasteiger partial charge in [0.2, 0.25) is 47.3 Å². The van der Waals surface area contributed by atoms with Gasteiger partial charge in [-0.2, -0.15) is 0 Å². The van der Waals surface area contributed by atoms with Crippen molar-refractivity contribution in [3.8, 4) is 0 Å². The Labute approximate surface area is 579 Å². The predicted octanol–water partition coefficient (Wildman–Crippen LogP) is 1.35. The smallest absolute Gasteiger partial charge is 0.410 e. The fourth-order valence-corrected chi connectivity index (χ4v) is 12.3. The third-order valence-corrected chi connectivity index (χ3v) is 18.3. The maximum atomic E-state index is 14.8. The monoisotopic (exact) mass is 1400 g/mol. The highest BCUT2D eigenvalue weighted by atomic mass is 16.6. The SMILES string of the molecule is CC[C@H](C)[C@@H]([C@@H](CC(=O)N1CCC[C@H]1[C@H](OC)[C@@H](C)C(=O)N[C@H](C)[C@@H](O)c1ccccc1)OC)N(C)C(=O)[C@@H](NC(=O)[C@H](C(C)C)N(C)C(=O)OCc1ccc(NC(=O)[C@H](CCCNC(N)=O)NC(=O)[C@@H](NC(=O)[C@@H](N)CCC(=O)NC2O[C@H](C(=O)O)[C@@H](O)[C@H]2O)C(C)C)cc1)C(C)C. The van der Waals surface area contributed by atoms with Crippen molar-refractivity contribution in [2.24, 2.45) is 41.1 Å². The molecule has 2 fully saturated rings. The molecule has 11 amide bonds. The third kappa shape index (κ3) is 23.8. The van der Waals surface area contributed by atoms with Crippen molar-refractivity contribution in [2.45, 2.75) is 218 Å². The number of hydrogen-bond acceptors (Lipinski definition) is 19. The summed E-state index contributed by atoms with van der Waals surface area (Å²) in [6, 6.07) is 6.65. The molecule has 2 heterocycles. The molecule has 554 valence electrons. The number of anilines is 1. The number of rotatable bonds is 38. The molecule has 31 heteroatoms. The Morgan fingerprint density at radius 3 is 1.92 bits per heavy atom. The van der Waals surface area contributed by atoms with E-state index in [9.17, 15) is 73.2 Å². The Bertz CT molecular complexity index is 3020. The van der Waals surface area contributed by atoms with Gasteiger partial charge in [0.1, 0.15) is 43.0 Å². The highest BCUT2D eigenvalue weighted by Crippen LogP contribution is 2.31. The highest BCUT2D eigenvalue weighted by Gasteiger charge is 2.48. The van der Waals surface area contributed by atoms with Gasteiger partial charge in [0.15, 0.2) is 12.3 Å². The van der Waals surface area contributed by atoms with E-state index in [1.54, 1.807) is 91.6 Å². The van der Waals surface area contributed by atoms with Crippen molar-refractivity contribution >= 4 is 71.0 Å². The van der Waals surface area contributed by atoms with Crippen LogP contribution in [0.4, 0.5) is 15.3 Å². The van der Waals surface area contributed by atoms with Crippen LogP contribution in [-0.2, 0) is 68.7 Å². The minimum absolute atomic E-state index is 0.0124. The average Bonchev–Trinajstić information content (AvgIpc) is 1.81. The van der Waals surface area contributed by atoms with Gasteiger partial charge < -0.3 is 97.9 Å². The van der Waals surface area contributed by atoms with E-state index in [1.807, 2.05) is 32.0 Å². The second kappa shape index (κ2) is 39.7. The van der Waals surface area contributed by atoms with Crippen LogP contribution < -0.4 is 48.7 Å². The van der Waals surface area contributed by atoms with Crippen molar-refractivity contribution in [2.75, 3.05) is 46.7 Å². The van der Waals surface area contributed by atoms with Crippen molar-refractivity contribution in [1.82, 2.24) is 46.6 Å². The summed E-state index contributed by atoms with van der Waals surface area (Å²) >= 11 is 0. The lowest BCUT2D eigenvalue weighted by Gasteiger charge is -2.41. The van der Waals surface area contributed by atoms with Crippen LogP contribution in [0.15, 0.2) is 54.6 Å². The zero-order chi connectivity index (χ0) is 74.3. The summed E-state index contributed by atoms with van der Waals surface area (Å²) in [4.78, 5) is 152. The van der Waals surface area contributed by atoms with Gasteiger partial charge in [-0.05, 0) is 86.0 Å². The molecule has 2 aliphatic heterocycles. The van der Waals surface area contributed by atoms with Crippen molar-refractivity contribution in [3.05, 3.63) is 65.7 Å². The van der Waals surface area contributed by atoms with E-state index >= 15 is 0 Å². The molecule has 31 nitrogen and oxygen atoms in total. The molecule has 0 aromatic heterocycles. The van der Waals surface area contributed by atoms with E-state index in [2.05, 4.69) is 37.2 Å². The number of carbonyl (C=O) groups is 11. The molecule has 2 aromatic carbocycles. The molecule has 99 heavy (non-hydrogen) atoms. The van der Waals surface area contributed by atoms with Crippen LogP contribution in [0.3, 0.4) is 0 Å². The summed E-state index contributed by atoms with van der Waals surface area (Å²) in [7, 11) is 6.01. The van der Waals surface area contributed by atoms with Crippen molar-refractivity contribution in [3.63, 3.8) is 0 Å². The summed E-state index contributed by atoms with van der Waals surface area (Å²) in [6.45, 7) is 17.9. The lowest BCUT2D eigenvalue weighted by molar-refractivity contribution is -0.155. The van der Waals surface area contributed by atoms with Gasteiger partial charge >= 0.3 is 18.1 Å². The molecular formula is C68H108N12O19. The lowest BCUT2D eigenvalue weighted by atomic mass is 9.89. The number of hydrogen-bond donors (Lipinski definition) is 13. The maximum absolute atomic E-state index is 14.8. The fraction of sp³-hybridized carbons (Fsp3) is 0.662. The van der Waals surface area contributed by atoms with Gasteiger partial charge in [-0.3, -0.25) is 43.3 Å². The van der Waals surface area contributed by atoms with Crippen molar-refractivity contribution in [1.29, 1.82) is 0 Å². The molecule has 0 aliphatic carbocycles. The van der Waals surface area contributed by atoms with Crippen LogP contribution in [0.1, 0.15) is 138 Å². The maximum Gasteiger partial charge on any atom is 0.410 e. The van der Waals surface area contributed by atoms with Gasteiger partial charge in [0.25, 0.3) is 0 Å². The lowest BCUT2D eigenvalue weighted by Crippen LogP contribution is -2.60. The number of ether oxygens (including phenoxy) is 4. The number of carboxylic acids is 1. The number of amides is 11. The molecule has 0 radical (unpaired) electrons. The number of benzene rings is 2. The van der Waals surface area contributed by atoms with E-state index in [4.69, 9.17) is 30.4 Å². The Morgan fingerprint density at radius 1 is 0.737 bits per heavy atom. The number of primary amides is 1. The van der Waals surface area contributed by atoms with Gasteiger partial charge in [0.05, 0.1) is 54.8 Å². The molecule has 2 aromatic rings. The fourth-order valence-electron chi connectivity index (χ4n) is 12.3. The summed E-state index contributed by atoms with van der Waals surface area (Å²) in [5.41, 5.74) is 12.7. The minimum atomic E-state index is -1.81. The van der Waals surface area contributed by atoms with Gasteiger partial charge in [0, 0.05) is 53.5 Å². The van der Waals surface area contributed by atoms with Crippen LogP contribution in [0.2, 0.25) is 0 Å². The summed E-state index contributed by atoms with van der Waals surface area (Å²) in [6.07, 6.45) is -8.94. The molecule has 0 spiro atoms. The number of aliphatic hydroxyl groups is 3. The van der Waals surface area contributed by atoms with E-state index in [1.165, 1.54) is 38.3 Å².